The number of alkyl halides is 1. The molecule has 0 radical (unpaired) electrons. The summed E-state index contributed by atoms with van der Waals surface area (Å²) in [7, 11) is 0. The number of carbonyl (C=O) groups is 3. The number of anilines is 1. The first-order valence-electron chi connectivity index (χ1n) is 14.3. The SMILES string of the molecule is C=CCN(CCCC)C(=O)C1N([C@@H](CO)C(C)C)C(=O)[C@@H]2[C@@H](C(=O)N(CC=C)c3ccccc3)[C@@H]3SC12CC3Br. The van der Waals surface area contributed by atoms with Crippen LogP contribution < -0.4 is 4.90 Å². The smallest absolute Gasteiger partial charge is 0.247 e. The fraction of sp³-hybridized carbons (Fsp3) is 0.581. The number of aliphatic hydroxyl groups is 1. The van der Waals surface area contributed by atoms with Crippen molar-refractivity contribution in [2.45, 2.75) is 66.9 Å². The van der Waals surface area contributed by atoms with Crippen LogP contribution in [0.1, 0.15) is 40.0 Å². The molecule has 1 aromatic rings. The van der Waals surface area contributed by atoms with Crippen LogP contribution in [0.25, 0.3) is 0 Å². The zero-order chi connectivity index (χ0) is 29.2. The Kier molecular flexibility index (Phi) is 9.89. The van der Waals surface area contributed by atoms with E-state index in [4.69, 9.17) is 0 Å². The molecule has 3 aliphatic heterocycles. The predicted molar refractivity (Wildman–Crippen MR) is 165 cm³/mol. The van der Waals surface area contributed by atoms with E-state index in [0.29, 0.717) is 26.1 Å². The first kappa shape index (κ1) is 30.8. The Labute approximate surface area is 251 Å². The Balaban J connectivity index is 1.82. The second kappa shape index (κ2) is 12.8. The van der Waals surface area contributed by atoms with E-state index in [2.05, 4.69) is 36.0 Å². The van der Waals surface area contributed by atoms with Crippen molar-refractivity contribution < 1.29 is 19.5 Å². The van der Waals surface area contributed by atoms with E-state index in [-0.39, 0.29) is 40.3 Å². The standard InChI is InChI=1S/C31H42BrN3O4S/c1-6-9-17-33(15-7-2)30(39)27-31-18-22(32)26(40-31)24(25(31)29(38)35(27)23(19-36)20(4)5)28(37)34(16-8-3)21-13-11-10-12-14-21/h7-8,10-14,20,22-27,36H,2-3,6,9,15-19H2,1,4-5H3/t22?,23-,24+,25-,26+,27?,31?/m0/s1. The Morgan fingerprint density at radius 2 is 1.88 bits per heavy atom. The van der Waals surface area contributed by atoms with Gasteiger partial charge in [-0.2, -0.15) is 0 Å². The molecule has 2 bridgehead atoms. The molecule has 218 valence electrons. The van der Waals surface area contributed by atoms with Crippen LogP contribution in [0, 0.1) is 17.8 Å². The molecular weight excluding hydrogens is 590 g/mol. The van der Waals surface area contributed by atoms with Gasteiger partial charge < -0.3 is 19.8 Å². The van der Waals surface area contributed by atoms with Crippen LogP contribution in [0.3, 0.4) is 0 Å². The van der Waals surface area contributed by atoms with Gasteiger partial charge in [-0.05, 0) is 30.9 Å². The molecule has 0 aromatic heterocycles. The van der Waals surface area contributed by atoms with Crippen LogP contribution in [-0.4, -0.2) is 85.8 Å². The molecule has 3 heterocycles. The van der Waals surface area contributed by atoms with E-state index in [1.54, 1.807) is 38.6 Å². The molecule has 3 unspecified atom stereocenters. The molecule has 9 heteroatoms. The molecule has 1 N–H and O–H groups in total. The van der Waals surface area contributed by atoms with E-state index in [0.717, 1.165) is 18.5 Å². The molecule has 1 spiro atoms. The van der Waals surface area contributed by atoms with Crippen LogP contribution in [0.2, 0.25) is 0 Å². The van der Waals surface area contributed by atoms with Gasteiger partial charge in [0.25, 0.3) is 0 Å². The lowest BCUT2D eigenvalue weighted by Crippen LogP contribution is -2.58. The van der Waals surface area contributed by atoms with E-state index < -0.39 is 28.7 Å². The number of fused-ring (bicyclic) bond motifs is 1. The lowest BCUT2D eigenvalue weighted by molar-refractivity contribution is -0.146. The molecule has 40 heavy (non-hydrogen) atoms. The average Bonchev–Trinajstić information content (AvgIpc) is 3.53. The Morgan fingerprint density at radius 3 is 2.45 bits per heavy atom. The van der Waals surface area contributed by atoms with Crippen molar-refractivity contribution in [1.29, 1.82) is 0 Å². The van der Waals surface area contributed by atoms with Gasteiger partial charge in [0.15, 0.2) is 0 Å². The van der Waals surface area contributed by atoms with Gasteiger partial charge in [-0.15, -0.1) is 24.9 Å². The van der Waals surface area contributed by atoms with Gasteiger partial charge >= 0.3 is 0 Å². The van der Waals surface area contributed by atoms with Gasteiger partial charge in [-0.25, -0.2) is 0 Å². The summed E-state index contributed by atoms with van der Waals surface area (Å²) in [6.45, 7) is 14.8. The highest BCUT2D eigenvalue weighted by Crippen LogP contribution is 2.68. The van der Waals surface area contributed by atoms with Gasteiger partial charge in [0.2, 0.25) is 17.7 Å². The minimum atomic E-state index is -0.766. The highest BCUT2D eigenvalue weighted by Gasteiger charge is 2.76. The molecule has 3 amide bonds. The monoisotopic (exact) mass is 631 g/mol. The molecule has 1 aromatic carbocycles. The van der Waals surface area contributed by atoms with Crippen molar-refractivity contribution >= 4 is 51.1 Å². The van der Waals surface area contributed by atoms with Gasteiger partial charge in [0, 0.05) is 35.4 Å². The normalized spacial score (nSPS) is 29.4. The number of hydrogen-bond donors (Lipinski definition) is 1. The summed E-state index contributed by atoms with van der Waals surface area (Å²) in [6, 6.07) is 8.16. The quantitative estimate of drug-likeness (QED) is 0.256. The van der Waals surface area contributed by atoms with Crippen LogP contribution >= 0.6 is 27.7 Å². The maximum absolute atomic E-state index is 14.5. The fourth-order valence-electron chi connectivity index (χ4n) is 6.82. The number of unbranched alkanes of at least 4 members (excludes halogenated alkanes) is 1. The number of rotatable bonds is 13. The lowest BCUT2D eigenvalue weighted by Gasteiger charge is -2.41. The average molecular weight is 633 g/mol. The molecule has 3 aliphatic rings. The molecule has 3 fully saturated rings. The summed E-state index contributed by atoms with van der Waals surface area (Å²) in [5, 5.41) is 10.3. The molecular formula is C31H42BrN3O4S. The highest BCUT2D eigenvalue weighted by atomic mass is 79.9. The molecule has 0 saturated carbocycles. The minimum absolute atomic E-state index is 0.0257. The second-order valence-corrected chi connectivity index (χ2v) is 14.1. The number of aliphatic hydroxyl groups excluding tert-OH is 1. The maximum atomic E-state index is 14.5. The third kappa shape index (κ3) is 5.18. The third-order valence-electron chi connectivity index (χ3n) is 8.65. The summed E-state index contributed by atoms with van der Waals surface area (Å²) in [5.41, 5.74) is 0.752. The summed E-state index contributed by atoms with van der Waals surface area (Å²) in [5.74, 6) is -1.76. The van der Waals surface area contributed by atoms with Crippen LogP contribution in [-0.2, 0) is 14.4 Å². The van der Waals surface area contributed by atoms with Gasteiger partial charge in [-0.1, -0.05) is 73.5 Å². The molecule has 4 rings (SSSR count). The van der Waals surface area contributed by atoms with Crippen molar-refractivity contribution in [2.75, 3.05) is 31.1 Å². The van der Waals surface area contributed by atoms with E-state index in [1.807, 2.05) is 44.2 Å². The van der Waals surface area contributed by atoms with Crippen LogP contribution in [0.15, 0.2) is 55.6 Å². The van der Waals surface area contributed by atoms with Crippen molar-refractivity contribution in [3.05, 3.63) is 55.6 Å². The van der Waals surface area contributed by atoms with Gasteiger partial charge in [-0.3, -0.25) is 14.4 Å². The van der Waals surface area contributed by atoms with Crippen molar-refractivity contribution in [3.63, 3.8) is 0 Å². The van der Waals surface area contributed by atoms with Crippen LogP contribution in [0.5, 0.6) is 0 Å². The number of likely N-dealkylation sites (tertiary alicyclic amines) is 1. The molecule has 7 atom stereocenters. The largest absolute Gasteiger partial charge is 0.394 e. The van der Waals surface area contributed by atoms with Crippen molar-refractivity contribution in [3.8, 4) is 0 Å². The Morgan fingerprint density at radius 1 is 1.20 bits per heavy atom. The number of nitrogens with zero attached hydrogens (tertiary/aromatic N) is 3. The van der Waals surface area contributed by atoms with Gasteiger partial charge in [0.1, 0.15) is 6.04 Å². The third-order valence-corrected chi connectivity index (χ3v) is 11.9. The predicted octanol–water partition coefficient (Wildman–Crippen LogP) is 4.50. The first-order valence-corrected chi connectivity index (χ1v) is 16.1. The zero-order valence-electron chi connectivity index (χ0n) is 23.7. The molecule has 3 saturated heterocycles. The number of halogens is 1. The second-order valence-electron chi connectivity index (χ2n) is 11.4. The number of hydrogen-bond acceptors (Lipinski definition) is 5. The number of benzene rings is 1. The van der Waals surface area contributed by atoms with Crippen LogP contribution in [0.4, 0.5) is 5.69 Å². The molecule has 0 aliphatic carbocycles. The maximum Gasteiger partial charge on any atom is 0.247 e. The summed E-state index contributed by atoms with van der Waals surface area (Å²) in [4.78, 5) is 48.5. The number of amides is 3. The number of carbonyl (C=O) groups excluding carboxylic acids is 3. The molecule has 7 nitrogen and oxygen atoms in total. The topological polar surface area (TPSA) is 81.2 Å². The minimum Gasteiger partial charge on any atom is -0.394 e. The highest BCUT2D eigenvalue weighted by molar-refractivity contribution is 9.09. The Bertz CT molecular complexity index is 1120. The summed E-state index contributed by atoms with van der Waals surface area (Å²) < 4.78 is -0.766. The summed E-state index contributed by atoms with van der Waals surface area (Å²) >= 11 is 5.49. The number of thioether (sulfide) groups is 1. The lowest BCUT2D eigenvalue weighted by atomic mass is 9.70. The van der Waals surface area contributed by atoms with Crippen molar-refractivity contribution in [2.24, 2.45) is 17.8 Å². The van der Waals surface area contributed by atoms with Crippen molar-refractivity contribution in [1.82, 2.24) is 9.80 Å². The van der Waals surface area contributed by atoms with E-state index in [1.165, 1.54) is 0 Å². The van der Waals surface area contributed by atoms with E-state index >= 15 is 0 Å². The van der Waals surface area contributed by atoms with Gasteiger partial charge in [0.05, 0.1) is 29.2 Å². The zero-order valence-corrected chi connectivity index (χ0v) is 26.1. The summed E-state index contributed by atoms with van der Waals surface area (Å²) in [6.07, 6.45) is 5.80. The van der Waals surface area contributed by atoms with E-state index in [9.17, 15) is 19.5 Å². The fourth-order valence-corrected chi connectivity index (χ4v) is 10.4. The Hall–Kier alpha value is -2.10. The number of para-hydroxylation sites is 1. The first-order chi connectivity index (χ1) is 19.2.